The Morgan fingerprint density at radius 1 is 1.47 bits per heavy atom. The molecule has 0 aliphatic heterocycles. The zero-order chi connectivity index (χ0) is 11.5. The maximum Gasteiger partial charge on any atom is 0.330 e. The second kappa shape index (κ2) is 9.21. The van der Waals surface area contributed by atoms with E-state index in [9.17, 15) is 9.59 Å². The topological polar surface area (TPSA) is 64.6 Å². The normalized spacial score (nSPS) is 9.40. The number of nitrogens with one attached hydrogen (secondary N) is 1. The van der Waals surface area contributed by atoms with E-state index in [0.29, 0.717) is 19.8 Å². The number of hydrogen-bond acceptors (Lipinski definition) is 4. The van der Waals surface area contributed by atoms with E-state index in [-0.39, 0.29) is 12.5 Å². The third-order valence-electron chi connectivity index (χ3n) is 1.50. The average Bonchev–Trinajstić information content (AvgIpc) is 2.25. The van der Waals surface area contributed by atoms with Gasteiger partial charge in [-0.1, -0.05) is 6.58 Å². The highest BCUT2D eigenvalue weighted by Gasteiger charge is 2.02. The van der Waals surface area contributed by atoms with Crippen molar-refractivity contribution in [1.82, 2.24) is 5.32 Å². The largest absolute Gasteiger partial charge is 0.452 e. The second-order valence-corrected chi connectivity index (χ2v) is 2.71. The quantitative estimate of drug-likeness (QED) is 0.358. The molecule has 1 amide bonds. The standard InChI is InChI=1S/C10H17NO4/c1-3-10(13)15-8-9(12)11-6-5-7-14-4-2/h3H,1,4-8H2,2H3,(H,11,12). The molecule has 0 saturated carbocycles. The van der Waals surface area contributed by atoms with Gasteiger partial charge in [0.05, 0.1) is 0 Å². The summed E-state index contributed by atoms with van der Waals surface area (Å²) in [4.78, 5) is 21.6. The van der Waals surface area contributed by atoms with Crippen LogP contribution < -0.4 is 5.32 Å². The number of rotatable bonds is 8. The van der Waals surface area contributed by atoms with E-state index in [4.69, 9.17) is 4.74 Å². The van der Waals surface area contributed by atoms with Crippen molar-refractivity contribution in [1.29, 1.82) is 0 Å². The van der Waals surface area contributed by atoms with Gasteiger partial charge in [-0.05, 0) is 13.3 Å². The summed E-state index contributed by atoms with van der Waals surface area (Å²) in [6.45, 7) is 6.66. The molecule has 0 aliphatic carbocycles. The molecule has 0 aromatic heterocycles. The zero-order valence-corrected chi connectivity index (χ0v) is 8.95. The molecular formula is C10H17NO4. The molecule has 0 atom stereocenters. The lowest BCUT2D eigenvalue weighted by Crippen LogP contribution is -2.29. The molecule has 0 unspecified atom stereocenters. The van der Waals surface area contributed by atoms with Crippen molar-refractivity contribution in [2.24, 2.45) is 0 Å². The molecule has 86 valence electrons. The summed E-state index contributed by atoms with van der Waals surface area (Å²) in [6, 6.07) is 0. The number of carbonyl (C=O) groups excluding carboxylic acids is 2. The fourth-order valence-corrected chi connectivity index (χ4v) is 0.793. The third kappa shape index (κ3) is 8.96. The Labute approximate surface area is 89.4 Å². The predicted molar refractivity (Wildman–Crippen MR) is 55.3 cm³/mol. The average molecular weight is 215 g/mol. The van der Waals surface area contributed by atoms with Gasteiger partial charge in [-0.3, -0.25) is 4.79 Å². The first-order valence-corrected chi connectivity index (χ1v) is 4.84. The van der Waals surface area contributed by atoms with E-state index in [2.05, 4.69) is 16.6 Å². The Bertz CT molecular complexity index is 215. The van der Waals surface area contributed by atoms with Crippen LogP contribution in [0, 0.1) is 0 Å². The van der Waals surface area contributed by atoms with Gasteiger partial charge in [0.1, 0.15) is 0 Å². The zero-order valence-electron chi connectivity index (χ0n) is 8.95. The van der Waals surface area contributed by atoms with Gasteiger partial charge in [0.2, 0.25) is 0 Å². The van der Waals surface area contributed by atoms with Crippen molar-refractivity contribution in [3.63, 3.8) is 0 Å². The molecule has 5 heteroatoms. The number of ether oxygens (including phenoxy) is 2. The molecule has 0 aromatic carbocycles. The lowest BCUT2D eigenvalue weighted by Gasteiger charge is -2.05. The van der Waals surface area contributed by atoms with Gasteiger partial charge in [-0.15, -0.1) is 0 Å². The molecular weight excluding hydrogens is 198 g/mol. The molecule has 0 radical (unpaired) electrons. The predicted octanol–water partition coefficient (Wildman–Crippen LogP) is 0.258. The summed E-state index contributed by atoms with van der Waals surface area (Å²) in [6.07, 6.45) is 1.76. The van der Waals surface area contributed by atoms with Crippen molar-refractivity contribution in [2.75, 3.05) is 26.4 Å². The molecule has 0 aliphatic rings. The van der Waals surface area contributed by atoms with Crippen molar-refractivity contribution in [3.05, 3.63) is 12.7 Å². The molecule has 0 saturated heterocycles. The Kier molecular flexibility index (Phi) is 8.37. The van der Waals surface area contributed by atoms with Gasteiger partial charge < -0.3 is 14.8 Å². The molecule has 0 rings (SSSR count). The SMILES string of the molecule is C=CC(=O)OCC(=O)NCCCOCC. The summed E-state index contributed by atoms with van der Waals surface area (Å²) in [5.41, 5.74) is 0. The van der Waals surface area contributed by atoms with Crippen LogP contribution in [-0.2, 0) is 19.1 Å². The maximum atomic E-state index is 11.0. The molecule has 0 fully saturated rings. The number of carbonyl (C=O) groups is 2. The van der Waals surface area contributed by atoms with Crippen LogP contribution in [0.2, 0.25) is 0 Å². The summed E-state index contributed by atoms with van der Waals surface area (Å²) in [5.74, 6) is -0.916. The highest BCUT2D eigenvalue weighted by Crippen LogP contribution is 1.82. The van der Waals surface area contributed by atoms with Crippen LogP contribution in [0.25, 0.3) is 0 Å². The lowest BCUT2D eigenvalue weighted by atomic mass is 10.4. The van der Waals surface area contributed by atoms with Gasteiger partial charge in [-0.25, -0.2) is 4.79 Å². The van der Waals surface area contributed by atoms with E-state index in [0.717, 1.165) is 12.5 Å². The number of amides is 1. The van der Waals surface area contributed by atoms with Gasteiger partial charge >= 0.3 is 5.97 Å². The summed E-state index contributed by atoms with van der Waals surface area (Å²) >= 11 is 0. The van der Waals surface area contributed by atoms with Crippen LogP contribution in [0.4, 0.5) is 0 Å². The van der Waals surface area contributed by atoms with Gasteiger partial charge in [0, 0.05) is 25.8 Å². The molecule has 1 N–H and O–H groups in total. The van der Waals surface area contributed by atoms with Gasteiger partial charge in [-0.2, -0.15) is 0 Å². The summed E-state index contributed by atoms with van der Waals surface area (Å²) in [7, 11) is 0. The maximum absolute atomic E-state index is 11.0. The number of hydrogen-bond donors (Lipinski definition) is 1. The van der Waals surface area contributed by atoms with Crippen molar-refractivity contribution in [3.8, 4) is 0 Å². The minimum Gasteiger partial charge on any atom is -0.452 e. The smallest absolute Gasteiger partial charge is 0.330 e. The monoisotopic (exact) mass is 215 g/mol. The van der Waals surface area contributed by atoms with Crippen LogP contribution >= 0.6 is 0 Å². The minimum absolute atomic E-state index is 0.264. The third-order valence-corrected chi connectivity index (χ3v) is 1.50. The summed E-state index contributed by atoms with van der Waals surface area (Å²) < 4.78 is 9.61. The molecule has 0 bridgehead atoms. The summed E-state index contributed by atoms with van der Waals surface area (Å²) in [5, 5.41) is 2.59. The van der Waals surface area contributed by atoms with E-state index in [1.807, 2.05) is 6.92 Å². The van der Waals surface area contributed by atoms with Gasteiger partial charge in [0.15, 0.2) is 6.61 Å². The Hall–Kier alpha value is -1.36. The van der Waals surface area contributed by atoms with Crippen LogP contribution in [0.5, 0.6) is 0 Å². The van der Waals surface area contributed by atoms with Crippen molar-refractivity contribution < 1.29 is 19.1 Å². The van der Waals surface area contributed by atoms with E-state index >= 15 is 0 Å². The molecule has 0 heterocycles. The molecule has 5 nitrogen and oxygen atoms in total. The second-order valence-electron chi connectivity index (χ2n) is 2.71. The molecule has 0 aromatic rings. The Morgan fingerprint density at radius 2 is 2.20 bits per heavy atom. The first-order chi connectivity index (χ1) is 7.20. The number of esters is 1. The van der Waals surface area contributed by atoms with E-state index < -0.39 is 5.97 Å². The molecule has 15 heavy (non-hydrogen) atoms. The first kappa shape index (κ1) is 13.6. The highest BCUT2D eigenvalue weighted by molar-refractivity contribution is 5.85. The Balaban J connectivity index is 3.33. The minimum atomic E-state index is -0.598. The van der Waals surface area contributed by atoms with Crippen molar-refractivity contribution >= 4 is 11.9 Å². The fourth-order valence-electron chi connectivity index (χ4n) is 0.793. The van der Waals surface area contributed by atoms with Crippen LogP contribution in [0.15, 0.2) is 12.7 Å². The Morgan fingerprint density at radius 3 is 2.80 bits per heavy atom. The van der Waals surface area contributed by atoms with E-state index in [1.54, 1.807) is 0 Å². The van der Waals surface area contributed by atoms with Crippen LogP contribution in [-0.4, -0.2) is 38.2 Å². The van der Waals surface area contributed by atoms with Crippen LogP contribution in [0.3, 0.4) is 0 Å². The van der Waals surface area contributed by atoms with Gasteiger partial charge in [0.25, 0.3) is 5.91 Å². The molecule has 0 spiro atoms. The van der Waals surface area contributed by atoms with E-state index in [1.165, 1.54) is 0 Å². The van der Waals surface area contributed by atoms with Crippen molar-refractivity contribution in [2.45, 2.75) is 13.3 Å². The van der Waals surface area contributed by atoms with Crippen LogP contribution in [0.1, 0.15) is 13.3 Å². The first-order valence-electron chi connectivity index (χ1n) is 4.84. The lowest BCUT2D eigenvalue weighted by molar-refractivity contribution is -0.143. The highest BCUT2D eigenvalue weighted by atomic mass is 16.5. The fraction of sp³-hybridized carbons (Fsp3) is 0.600.